The first-order valence-electron chi connectivity index (χ1n) is 14.0. The van der Waals surface area contributed by atoms with E-state index in [1.165, 1.54) is 16.5 Å². The number of carbonyl (C=O) groups is 1. The lowest BCUT2D eigenvalue weighted by atomic mass is 9.83. The van der Waals surface area contributed by atoms with E-state index in [9.17, 15) is 9.90 Å². The first-order chi connectivity index (χ1) is 19.1. The van der Waals surface area contributed by atoms with Gasteiger partial charge in [0.05, 0.1) is 35.1 Å². The molecule has 3 aromatic carbocycles. The second kappa shape index (κ2) is 11.0. The lowest BCUT2D eigenvalue weighted by Crippen LogP contribution is -2.37. The van der Waals surface area contributed by atoms with Crippen LogP contribution < -0.4 is 5.32 Å². The fourth-order valence-electron chi connectivity index (χ4n) is 6.30. The number of para-hydroxylation sites is 1. The highest BCUT2D eigenvalue weighted by molar-refractivity contribution is 6.05. The van der Waals surface area contributed by atoms with Crippen molar-refractivity contribution >= 4 is 27.8 Å². The van der Waals surface area contributed by atoms with Crippen LogP contribution in [0, 0.1) is 12.8 Å². The number of hydrogen-bond acceptors (Lipinski definition) is 3. The van der Waals surface area contributed by atoms with E-state index in [1.54, 1.807) is 0 Å². The summed E-state index contributed by atoms with van der Waals surface area (Å²) in [4.78, 5) is 18.4. The summed E-state index contributed by atoms with van der Waals surface area (Å²) in [5, 5.41) is 14.4. The Labute approximate surface area is 229 Å². The maximum Gasteiger partial charge on any atom is 0.228 e. The molecule has 0 spiro atoms. The fraction of sp³-hybridized carbons (Fsp3) is 0.294. The monoisotopic (exact) mass is 517 g/mol. The van der Waals surface area contributed by atoms with E-state index in [2.05, 4.69) is 71.4 Å². The Balaban J connectivity index is 1.29. The van der Waals surface area contributed by atoms with E-state index < -0.39 is 6.04 Å². The highest BCUT2D eigenvalue weighted by Gasteiger charge is 2.33. The van der Waals surface area contributed by atoms with Crippen LogP contribution in [-0.4, -0.2) is 27.2 Å². The summed E-state index contributed by atoms with van der Waals surface area (Å²) in [6, 6.07) is 28.5. The largest absolute Gasteiger partial charge is 0.394 e. The van der Waals surface area contributed by atoms with Crippen molar-refractivity contribution in [1.29, 1.82) is 0 Å². The number of pyridine rings is 1. The summed E-state index contributed by atoms with van der Waals surface area (Å²) >= 11 is 0. The number of aliphatic hydroxyl groups is 1. The molecule has 2 heterocycles. The lowest BCUT2D eigenvalue weighted by molar-refractivity contribution is -0.124. The van der Waals surface area contributed by atoms with Crippen LogP contribution in [0.2, 0.25) is 0 Å². The van der Waals surface area contributed by atoms with Crippen LogP contribution in [0.5, 0.6) is 0 Å². The number of nitrogens with zero attached hydrogens (tertiary/aromatic N) is 2. The number of aromatic nitrogens is 2. The van der Waals surface area contributed by atoms with Gasteiger partial charge in [-0.25, -0.2) is 0 Å². The van der Waals surface area contributed by atoms with Gasteiger partial charge in [0.25, 0.3) is 0 Å². The molecule has 1 aliphatic carbocycles. The van der Waals surface area contributed by atoms with Crippen LogP contribution >= 0.6 is 0 Å². The van der Waals surface area contributed by atoms with Gasteiger partial charge in [-0.2, -0.15) is 0 Å². The molecular formula is C34H35N3O2. The van der Waals surface area contributed by atoms with Crippen molar-refractivity contribution in [2.45, 2.75) is 51.1 Å². The third-order valence-corrected chi connectivity index (χ3v) is 8.28. The van der Waals surface area contributed by atoms with Gasteiger partial charge < -0.3 is 15.0 Å². The third-order valence-electron chi connectivity index (χ3n) is 8.28. The Bertz CT molecular complexity index is 1580. The Hall–Kier alpha value is -3.96. The lowest BCUT2D eigenvalue weighted by Gasteiger charge is -2.26. The minimum absolute atomic E-state index is 0.00139. The number of hydrogen-bond donors (Lipinski definition) is 2. The highest BCUT2D eigenvalue weighted by Crippen LogP contribution is 2.38. The molecule has 1 saturated carbocycles. The van der Waals surface area contributed by atoms with E-state index in [1.807, 2.05) is 36.5 Å². The van der Waals surface area contributed by atoms with E-state index in [0.717, 1.165) is 60.0 Å². The number of aliphatic hydroxyl groups excluding tert-OH is 1. The molecular weight excluding hydrogens is 482 g/mol. The standard InChI is InChI=1S/C34H35N3O2/c1-23-19-31-33(35-20-23)28-13-7-8-14-30(28)37(31)21-24-15-17-27(18-16-24)32(26-11-5-6-12-26)34(39)36-29(22-38)25-9-3-2-4-10-25/h2-4,7-10,13-20,26,29,32,38H,5-6,11-12,21-22H2,1H3,(H,36,39)/t29-,32-/m0/s1. The molecule has 1 aliphatic rings. The molecule has 5 aromatic rings. The van der Waals surface area contributed by atoms with Crippen molar-refractivity contribution in [2.75, 3.05) is 6.61 Å². The van der Waals surface area contributed by atoms with Gasteiger partial charge in [0.2, 0.25) is 5.91 Å². The van der Waals surface area contributed by atoms with Gasteiger partial charge in [-0.1, -0.05) is 85.6 Å². The first kappa shape index (κ1) is 25.3. The van der Waals surface area contributed by atoms with Gasteiger partial charge in [-0.3, -0.25) is 9.78 Å². The smallest absolute Gasteiger partial charge is 0.228 e. The molecule has 2 N–H and O–H groups in total. The number of rotatable bonds is 8. The molecule has 0 saturated heterocycles. The highest BCUT2D eigenvalue weighted by atomic mass is 16.3. The average molecular weight is 518 g/mol. The molecule has 6 rings (SSSR count). The van der Waals surface area contributed by atoms with Gasteiger partial charge in [0.1, 0.15) is 0 Å². The van der Waals surface area contributed by atoms with Crippen LogP contribution in [0.4, 0.5) is 0 Å². The SMILES string of the molecule is Cc1cnc2c3ccccc3n(Cc3ccc([C@@H](C(=O)N[C@@H](CO)c4ccccc4)C4CCCC4)cc3)c2c1. The maximum absolute atomic E-state index is 13.7. The molecule has 5 heteroatoms. The van der Waals surface area contributed by atoms with Gasteiger partial charge in [-0.15, -0.1) is 0 Å². The molecule has 1 fully saturated rings. The number of aryl methyl sites for hydroxylation is 1. The van der Waals surface area contributed by atoms with Gasteiger partial charge in [0, 0.05) is 18.1 Å². The number of nitrogens with one attached hydrogen (secondary N) is 1. The second-order valence-electron chi connectivity index (χ2n) is 10.9. The maximum atomic E-state index is 13.7. The first-order valence-corrected chi connectivity index (χ1v) is 14.0. The molecule has 0 unspecified atom stereocenters. The number of benzene rings is 3. The van der Waals surface area contributed by atoms with Crippen molar-refractivity contribution in [3.05, 3.63) is 113 Å². The topological polar surface area (TPSA) is 67.2 Å². The molecule has 0 aliphatic heterocycles. The van der Waals surface area contributed by atoms with Crippen molar-refractivity contribution < 1.29 is 9.90 Å². The van der Waals surface area contributed by atoms with E-state index >= 15 is 0 Å². The molecule has 0 radical (unpaired) electrons. The second-order valence-corrected chi connectivity index (χ2v) is 10.9. The predicted molar refractivity (Wildman–Crippen MR) is 157 cm³/mol. The van der Waals surface area contributed by atoms with Crippen molar-refractivity contribution in [2.24, 2.45) is 5.92 Å². The van der Waals surface area contributed by atoms with Gasteiger partial charge in [0.15, 0.2) is 0 Å². The van der Waals surface area contributed by atoms with Gasteiger partial charge >= 0.3 is 0 Å². The Morgan fingerprint density at radius 2 is 1.67 bits per heavy atom. The summed E-state index contributed by atoms with van der Waals surface area (Å²) in [5.74, 6) is 0.0956. The Morgan fingerprint density at radius 3 is 2.41 bits per heavy atom. The average Bonchev–Trinajstić information content (AvgIpc) is 3.60. The Kier molecular flexibility index (Phi) is 7.16. The van der Waals surface area contributed by atoms with Crippen LogP contribution in [0.15, 0.2) is 91.1 Å². The predicted octanol–water partition coefficient (Wildman–Crippen LogP) is 6.67. The summed E-state index contributed by atoms with van der Waals surface area (Å²) < 4.78 is 2.34. The molecule has 5 nitrogen and oxygen atoms in total. The quantitative estimate of drug-likeness (QED) is 0.242. The minimum Gasteiger partial charge on any atom is -0.394 e. The number of carbonyl (C=O) groups excluding carboxylic acids is 1. The van der Waals surface area contributed by atoms with E-state index in [-0.39, 0.29) is 18.4 Å². The zero-order valence-corrected chi connectivity index (χ0v) is 22.4. The van der Waals surface area contributed by atoms with Gasteiger partial charge in [-0.05, 0) is 60.1 Å². The number of amides is 1. The van der Waals surface area contributed by atoms with Crippen LogP contribution in [-0.2, 0) is 11.3 Å². The molecule has 0 bridgehead atoms. The minimum atomic E-state index is -0.408. The third kappa shape index (κ3) is 5.07. The molecule has 39 heavy (non-hydrogen) atoms. The van der Waals surface area contributed by atoms with Crippen LogP contribution in [0.3, 0.4) is 0 Å². The summed E-state index contributed by atoms with van der Waals surface area (Å²) in [5.41, 5.74) is 7.64. The van der Waals surface area contributed by atoms with Crippen LogP contribution in [0.1, 0.15) is 59.9 Å². The molecule has 198 valence electrons. The van der Waals surface area contributed by atoms with Crippen LogP contribution in [0.25, 0.3) is 21.9 Å². The fourth-order valence-corrected chi connectivity index (χ4v) is 6.30. The number of fused-ring (bicyclic) bond motifs is 3. The molecule has 2 atom stereocenters. The molecule has 1 amide bonds. The van der Waals surface area contributed by atoms with Crippen molar-refractivity contribution in [3.63, 3.8) is 0 Å². The van der Waals surface area contributed by atoms with Crippen molar-refractivity contribution in [3.8, 4) is 0 Å². The summed E-state index contributed by atoms with van der Waals surface area (Å²) in [7, 11) is 0. The van der Waals surface area contributed by atoms with Crippen molar-refractivity contribution in [1.82, 2.24) is 14.9 Å². The summed E-state index contributed by atoms with van der Waals surface area (Å²) in [6.07, 6.45) is 6.37. The normalized spacial score (nSPS) is 15.5. The summed E-state index contributed by atoms with van der Waals surface area (Å²) in [6.45, 7) is 2.69. The van der Waals surface area contributed by atoms with E-state index in [4.69, 9.17) is 4.98 Å². The zero-order chi connectivity index (χ0) is 26.8. The molecule has 2 aromatic heterocycles. The Morgan fingerprint density at radius 1 is 0.949 bits per heavy atom. The van der Waals surface area contributed by atoms with E-state index in [0.29, 0.717) is 5.92 Å². The zero-order valence-electron chi connectivity index (χ0n) is 22.4.